The average Bonchev–Trinajstić information content (AvgIpc) is 2.76. The highest BCUT2D eigenvalue weighted by atomic mass is 19.1. The number of carbonyl (C=O) groups is 2. The van der Waals surface area contributed by atoms with Crippen LogP contribution < -0.4 is 4.74 Å². The van der Waals surface area contributed by atoms with Crippen LogP contribution in [0.4, 0.5) is 4.39 Å². The molecular formula is C25H28FNO4. The van der Waals surface area contributed by atoms with E-state index in [2.05, 4.69) is 0 Å². The van der Waals surface area contributed by atoms with Crippen molar-refractivity contribution in [2.45, 2.75) is 39.7 Å². The highest BCUT2D eigenvalue weighted by Gasteiger charge is 2.37. The lowest BCUT2D eigenvalue weighted by Gasteiger charge is -2.34. The van der Waals surface area contributed by atoms with Crippen molar-refractivity contribution in [2.24, 2.45) is 5.92 Å². The van der Waals surface area contributed by atoms with Gasteiger partial charge in [0.2, 0.25) is 5.91 Å². The largest absolute Gasteiger partial charge is 0.497 e. The van der Waals surface area contributed by atoms with Crippen LogP contribution in [0.25, 0.3) is 0 Å². The lowest BCUT2D eigenvalue weighted by molar-refractivity contribution is -0.141. The summed E-state index contributed by atoms with van der Waals surface area (Å²) >= 11 is 0. The maximum absolute atomic E-state index is 13.3. The predicted molar refractivity (Wildman–Crippen MR) is 116 cm³/mol. The minimum Gasteiger partial charge on any atom is -0.497 e. The number of hydrogen-bond donors (Lipinski definition) is 0. The quantitative estimate of drug-likeness (QED) is 0.597. The maximum Gasteiger partial charge on any atom is 0.336 e. The third kappa shape index (κ3) is 5.32. The number of ether oxygens (including phenoxy) is 2. The summed E-state index contributed by atoms with van der Waals surface area (Å²) in [4.78, 5) is 27.7. The Balaban J connectivity index is 1.98. The second-order valence-electron chi connectivity index (χ2n) is 8.13. The number of halogens is 1. The van der Waals surface area contributed by atoms with E-state index in [1.807, 2.05) is 38.1 Å². The van der Waals surface area contributed by atoms with Gasteiger partial charge in [0, 0.05) is 18.0 Å². The Kier molecular flexibility index (Phi) is 7.10. The summed E-state index contributed by atoms with van der Waals surface area (Å²) in [6.07, 6.45) is 0.150. The average molecular weight is 426 g/mol. The monoisotopic (exact) mass is 425 g/mol. The van der Waals surface area contributed by atoms with E-state index in [4.69, 9.17) is 9.47 Å². The first kappa shape index (κ1) is 22.5. The highest BCUT2D eigenvalue weighted by molar-refractivity contribution is 5.95. The van der Waals surface area contributed by atoms with Gasteiger partial charge in [0.25, 0.3) is 0 Å². The Morgan fingerprint density at radius 2 is 1.77 bits per heavy atom. The topological polar surface area (TPSA) is 55.8 Å². The molecule has 0 aromatic heterocycles. The van der Waals surface area contributed by atoms with E-state index < -0.39 is 11.9 Å². The fraction of sp³-hybridized carbons (Fsp3) is 0.360. The van der Waals surface area contributed by atoms with Crippen molar-refractivity contribution in [3.05, 3.63) is 76.7 Å². The van der Waals surface area contributed by atoms with Crippen LogP contribution in [0, 0.1) is 11.7 Å². The molecule has 6 heteroatoms. The standard InChI is InChI=1S/C25H28FNO4/c1-16(2)15-31-25(29)24-17(3)27(14-18-5-9-20(26)10-6-18)23(28)13-22(24)19-7-11-21(30-4)12-8-19/h5-12,16,22H,13-15H2,1-4H3/t22-/m0/s1. The Labute approximate surface area is 182 Å². The Morgan fingerprint density at radius 3 is 2.35 bits per heavy atom. The third-order valence-corrected chi connectivity index (χ3v) is 5.36. The zero-order valence-corrected chi connectivity index (χ0v) is 18.4. The molecule has 1 aliphatic rings. The predicted octanol–water partition coefficient (Wildman–Crippen LogP) is 4.82. The van der Waals surface area contributed by atoms with Gasteiger partial charge in [-0.2, -0.15) is 0 Å². The SMILES string of the molecule is COc1ccc([C@@H]2CC(=O)N(Cc3ccc(F)cc3)C(C)=C2C(=O)OCC(C)C)cc1. The summed E-state index contributed by atoms with van der Waals surface area (Å²) in [5, 5.41) is 0. The van der Waals surface area contributed by atoms with Crippen LogP contribution >= 0.6 is 0 Å². The van der Waals surface area contributed by atoms with Crippen LogP contribution in [0.1, 0.15) is 44.2 Å². The van der Waals surface area contributed by atoms with Gasteiger partial charge in [0.15, 0.2) is 0 Å². The van der Waals surface area contributed by atoms with Crippen molar-refractivity contribution in [3.8, 4) is 5.75 Å². The Bertz CT molecular complexity index is 964. The molecule has 0 fully saturated rings. The second kappa shape index (κ2) is 9.77. The molecule has 0 bridgehead atoms. The van der Waals surface area contributed by atoms with Gasteiger partial charge in [-0.1, -0.05) is 38.1 Å². The molecule has 0 radical (unpaired) electrons. The van der Waals surface area contributed by atoms with Crippen LogP contribution in [0.3, 0.4) is 0 Å². The number of allylic oxidation sites excluding steroid dienone is 1. The Hall–Kier alpha value is -3.15. The zero-order chi connectivity index (χ0) is 22.5. The van der Waals surface area contributed by atoms with Crippen molar-refractivity contribution >= 4 is 11.9 Å². The fourth-order valence-electron chi connectivity index (χ4n) is 3.68. The first-order valence-corrected chi connectivity index (χ1v) is 10.4. The number of amides is 1. The first-order valence-electron chi connectivity index (χ1n) is 10.4. The van der Waals surface area contributed by atoms with E-state index in [9.17, 15) is 14.0 Å². The number of esters is 1. The normalized spacial score (nSPS) is 16.6. The van der Waals surface area contributed by atoms with Crippen LogP contribution in [-0.2, 0) is 20.9 Å². The number of nitrogens with zero attached hydrogens (tertiary/aromatic N) is 1. The fourth-order valence-corrected chi connectivity index (χ4v) is 3.68. The highest BCUT2D eigenvalue weighted by Crippen LogP contribution is 2.38. The minimum absolute atomic E-state index is 0.0944. The van der Waals surface area contributed by atoms with Crippen LogP contribution in [0.15, 0.2) is 59.8 Å². The molecule has 1 aliphatic heterocycles. The van der Waals surface area contributed by atoms with Gasteiger partial charge in [0.05, 0.1) is 25.8 Å². The zero-order valence-electron chi connectivity index (χ0n) is 18.4. The molecular weight excluding hydrogens is 397 g/mol. The van der Waals surface area contributed by atoms with Crippen LogP contribution in [0.5, 0.6) is 5.75 Å². The van der Waals surface area contributed by atoms with Gasteiger partial charge >= 0.3 is 5.97 Å². The smallest absolute Gasteiger partial charge is 0.336 e. The summed E-state index contributed by atoms with van der Waals surface area (Å²) in [6.45, 7) is 6.28. The lowest BCUT2D eigenvalue weighted by Crippen LogP contribution is -2.38. The van der Waals surface area contributed by atoms with Gasteiger partial charge < -0.3 is 14.4 Å². The molecule has 31 heavy (non-hydrogen) atoms. The number of benzene rings is 2. The van der Waals surface area contributed by atoms with E-state index in [1.54, 1.807) is 31.1 Å². The molecule has 5 nitrogen and oxygen atoms in total. The van der Waals surface area contributed by atoms with Crippen molar-refractivity contribution < 1.29 is 23.5 Å². The van der Waals surface area contributed by atoms with Gasteiger partial charge in [0.1, 0.15) is 11.6 Å². The van der Waals surface area contributed by atoms with Gasteiger partial charge in [-0.05, 0) is 48.2 Å². The second-order valence-corrected chi connectivity index (χ2v) is 8.13. The third-order valence-electron chi connectivity index (χ3n) is 5.36. The summed E-state index contributed by atoms with van der Waals surface area (Å²) in [7, 11) is 1.59. The molecule has 1 atom stereocenters. The molecule has 0 spiro atoms. The molecule has 0 aliphatic carbocycles. The number of hydrogen-bond acceptors (Lipinski definition) is 4. The molecule has 2 aromatic carbocycles. The molecule has 1 heterocycles. The summed E-state index contributed by atoms with van der Waals surface area (Å²) in [6, 6.07) is 13.4. The molecule has 1 amide bonds. The van der Waals surface area contributed by atoms with E-state index in [-0.39, 0.29) is 30.6 Å². The van der Waals surface area contributed by atoms with Crippen molar-refractivity contribution in [3.63, 3.8) is 0 Å². The molecule has 3 rings (SSSR count). The van der Waals surface area contributed by atoms with Crippen LogP contribution in [-0.4, -0.2) is 30.5 Å². The molecule has 164 valence electrons. The molecule has 0 saturated carbocycles. The molecule has 0 unspecified atom stereocenters. The lowest BCUT2D eigenvalue weighted by atomic mass is 9.83. The summed E-state index contributed by atoms with van der Waals surface area (Å²) in [5.41, 5.74) is 2.68. The van der Waals surface area contributed by atoms with Gasteiger partial charge in [-0.3, -0.25) is 4.79 Å². The summed E-state index contributed by atoms with van der Waals surface area (Å²) in [5.74, 6) is -0.342. The van der Waals surface area contributed by atoms with Gasteiger partial charge in [-0.15, -0.1) is 0 Å². The maximum atomic E-state index is 13.3. The minimum atomic E-state index is -0.413. The van der Waals surface area contributed by atoms with E-state index in [0.717, 1.165) is 11.1 Å². The Morgan fingerprint density at radius 1 is 1.13 bits per heavy atom. The van der Waals surface area contributed by atoms with Crippen molar-refractivity contribution in [1.29, 1.82) is 0 Å². The van der Waals surface area contributed by atoms with E-state index in [0.29, 0.717) is 23.6 Å². The van der Waals surface area contributed by atoms with E-state index in [1.165, 1.54) is 12.1 Å². The molecule has 2 aromatic rings. The van der Waals surface area contributed by atoms with Crippen molar-refractivity contribution in [1.82, 2.24) is 4.90 Å². The first-order chi connectivity index (χ1) is 14.8. The molecule has 0 N–H and O–H groups in total. The van der Waals surface area contributed by atoms with Crippen molar-refractivity contribution in [2.75, 3.05) is 13.7 Å². The number of carbonyl (C=O) groups excluding carboxylic acids is 2. The van der Waals surface area contributed by atoms with Gasteiger partial charge in [-0.25, -0.2) is 9.18 Å². The summed E-state index contributed by atoms with van der Waals surface area (Å²) < 4.78 is 24.0. The number of rotatable bonds is 7. The molecule has 0 saturated heterocycles. The van der Waals surface area contributed by atoms with E-state index >= 15 is 0 Å². The van der Waals surface area contributed by atoms with Crippen LogP contribution in [0.2, 0.25) is 0 Å². The number of methoxy groups -OCH3 is 1.